The van der Waals surface area contributed by atoms with Gasteiger partial charge in [-0.15, -0.1) is 5.10 Å². The summed E-state index contributed by atoms with van der Waals surface area (Å²) in [5, 5.41) is 11.2. The van der Waals surface area contributed by atoms with Gasteiger partial charge in [0.15, 0.2) is 17.3 Å². The summed E-state index contributed by atoms with van der Waals surface area (Å²) in [5.41, 5.74) is 6.12. The first-order valence-electron chi connectivity index (χ1n) is 4.63. The number of rotatable bonds is 2. The Labute approximate surface area is 100 Å². The molecule has 0 aliphatic rings. The smallest absolute Gasteiger partial charge is 0.199 e. The topological polar surface area (TPSA) is 99.8 Å². The predicted octanol–water partition coefficient (Wildman–Crippen LogP) is -0.661. The zero-order chi connectivity index (χ0) is 11.8. The van der Waals surface area contributed by atoms with Crippen LogP contribution in [-0.2, 0) is 0 Å². The summed E-state index contributed by atoms with van der Waals surface area (Å²) < 4.78 is 3.20. The minimum Gasteiger partial charge on any atom is -0.387 e. The van der Waals surface area contributed by atoms with Gasteiger partial charge in [0.25, 0.3) is 0 Å². The molecule has 17 heavy (non-hydrogen) atoms. The lowest BCUT2D eigenvalue weighted by atomic mass is 10.5. The van der Waals surface area contributed by atoms with E-state index < -0.39 is 0 Å². The maximum absolute atomic E-state index is 5.58. The van der Waals surface area contributed by atoms with Crippen LogP contribution >= 0.6 is 12.2 Å². The number of thiocarbonyl (C=S) groups is 1. The first kappa shape index (κ1) is 9.78. The number of tetrazole rings is 1. The van der Waals surface area contributed by atoms with E-state index in [1.165, 1.54) is 4.52 Å². The highest BCUT2D eigenvalue weighted by Gasteiger charge is 2.11. The van der Waals surface area contributed by atoms with Gasteiger partial charge in [-0.3, -0.25) is 9.55 Å². The van der Waals surface area contributed by atoms with Gasteiger partial charge < -0.3 is 5.73 Å². The molecule has 0 amide bonds. The lowest BCUT2D eigenvalue weighted by molar-refractivity contribution is 0.783. The maximum Gasteiger partial charge on any atom is 0.199 e. The van der Waals surface area contributed by atoms with Crippen molar-refractivity contribution in [3.8, 4) is 5.82 Å². The van der Waals surface area contributed by atoms with E-state index in [4.69, 9.17) is 18.0 Å². The molecule has 0 saturated heterocycles. The second-order valence-corrected chi connectivity index (χ2v) is 3.64. The Morgan fingerprint density at radius 2 is 2.24 bits per heavy atom. The van der Waals surface area contributed by atoms with Crippen LogP contribution in [0.3, 0.4) is 0 Å². The fourth-order valence-corrected chi connectivity index (χ4v) is 1.65. The van der Waals surface area contributed by atoms with Gasteiger partial charge in [-0.1, -0.05) is 12.2 Å². The standard InChI is InChI=1S/C8H6N8S/c9-7(17)8-11-1-2-15(8)6-4-10-3-5-12-13-14-16(5)6/h1-4H,(H2,9,17). The minimum atomic E-state index is 0.195. The van der Waals surface area contributed by atoms with Crippen LogP contribution in [0, 0.1) is 0 Å². The van der Waals surface area contributed by atoms with Crippen molar-refractivity contribution in [2.24, 2.45) is 5.73 Å². The van der Waals surface area contributed by atoms with Crippen LogP contribution in [0.25, 0.3) is 11.5 Å². The molecule has 0 aromatic carbocycles. The summed E-state index contributed by atoms with van der Waals surface area (Å²) in [6.07, 6.45) is 6.47. The van der Waals surface area contributed by atoms with Crippen molar-refractivity contribution >= 4 is 22.9 Å². The molecule has 0 spiro atoms. The molecule has 0 bridgehead atoms. The van der Waals surface area contributed by atoms with Crippen LogP contribution in [0.15, 0.2) is 24.8 Å². The van der Waals surface area contributed by atoms with Gasteiger partial charge in [0, 0.05) is 12.4 Å². The van der Waals surface area contributed by atoms with Crippen LogP contribution in [0.1, 0.15) is 5.82 Å². The fourth-order valence-electron chi connectivity index (χ4n) is 1.50. The minimum absolute atomic E-state index is 0.195. The molecule has 0 unspecified atom stereocenters. The highest BCUT2D eigenvalue weighted by molar-refractivity contribution is 7.80. The molecular weight excluding hydrogens is 240 g/mol. The monoisotopic (exact) mass is 246 g/mol. The Balaban J connectivity index is 2.30. The van der Waals surface area contributed by atoms with Crippen molar-refractivity contribution in [3.05, 3.63) is 30.6 Å². The number of nitrogens with zero attached hydrogens (tertiary/aromatic N) is 7. The van der Waals surface area contributed by atoms with Gasteiger partial charge in [-0.25, -0.2) is 4.98 Å². The van der Waals surface area contributed by atoms with Crippen molar-refractivity contribution in [2.75, 3.05) is 0 Å². The number of aromatic nitrogens is 7. The van der Waals surface area contributed by atoms with Gasteiger partial charge in [-0.2, -0.15) is 4.52 Å². The zero-order valence-electron chi connectivity index (χ0n) is 8.43. The van der Waals surface area contributed by atoms with Crippen LogP contribution in [0.5, 0.6) is 0 Å². The van der Waals surface area contributed by atoms with E-state index in [0.29, 0.717) is 17.3 Å². The molecule has 0 atom stereocenters. The molecule has 3 aromatic heterocycles. The predicted molar refractivity (Wildman–Crippen MR) is 61.6 cm³/mol. The number of fused-ring (bicyclic) bond motifs is 1. The van der Waals surface area contributed by atoms with E-state index in [1.54, 1.807) is 29.4 Å². The van der Waals surface area contributed by atoms with Gasteiger partial charge in [-0.05, 0) is 10.4 Å². The average Bonchev–Trinajstić information content (AvgIpc) is 2.97. The molecule has 2 N–H and O–H groups in total. The van der Waals surface area contributed by atoms with Crippen molar-refractivity contribution < 1.29 is 0 Å². The second kappa shape index (κ2) is 3.56. The number of nitrogens with two attached hydrogens (primary N) is 1. The van der Waals surface area contributed by atoms with Gasteiger partial charge in [0.2, 0.25) is 0 Å². The highest BCUT2D eigenvalue weighted by atomic mass is 32.1. The molecule has 0 radical (unpaired) electrons. The van der Waals surface area contributed by atoms with Crippen molar-refractivity contribution in [1.29, 1.82) is 0 Å². The molecule has 0 aliphatic carbocycles. The lowest BCUT2D eigenvalue weighted by Crippen LogP contribution is -2.17. The molecule has 0 saturated carbocycles. The Morgan fingerprint density at radius 1 is 1.35 bits per heavy atom. The average molecular weight is 246 g/mol. The Hall–Kier alpha value is -2.42. The maximum atomic E-state index is 5.58. The molecule has 0 aliphatic heterocycles. The first-order chi connectivity index (χ1) is 8.27. The summed E-state index contributed by atoms with van der Waals surface area (Å²) >= 11 is 4.92. The quantitative estimate of drug-likeness (QED) is 0.599. The summed E-state index contributed by atoms with van der Waals surface area (Å²) in [4.78, 5) is 8.31. The molecule has 84 valence electrons. The van der Waals surface area contributed by atoms with E-state index in [9.17, 15) is 0 Å². The number of hydrogen-bond donors (Lipinski definition) is 1. The van der Waals surface area contributed by atoms with Crippen molar-refractivity contribution in [2.45, 2.75) is 0 Å². The second-order valence-electron chi connectivity index (χ2n) is 3.20. The van der Waals surface area contributed by atoms with E-state index in [-0.39, 0.29) is 4.99 Å². The summed E-state index contributed by atoms with van der Waals surface area (Å²) in [5.74, 6) is 1.08. The molecule has 3 heterocycles. The van der Waals surface area contributed by atoms with Crippen LogP contribution in [-0.4, -0.2) is 39.6 Å². The molecule has 0 fully saturated rings. The molecule has 8 nitrogen and oxygen atoms in total. The first-order valence-corrected chi connectivity index (χ1v) is 5.04. The third-order valence-corrected chi connectivity index (χ3v) is 2.38. The van der Waals surface area contributed by atoms with Gasteiger partial charge in [0.05, 0.1) is 12.4 Å². The van der Waals surface area contributed by atoms with Gasteiger partial charge in [0.1, 0.15) is 4.99 Å². The Kier molecular flexibility index (Phi) is 2.05. The van der Waals surface area contributed by atoms with E-state index in [2.05, 4.69) is 25.5 Å². The van der Waals surface area contributed by atoms with Crippen LogP contribution in [0.4, 0.5) is 0 Å². The fraction of sp³-hybridized carbons (Fsp3) is 0. The summed E-state index contributed by atoms with van der Waals surface area (Å²) in [6, 6.07) is 0. The van der Waals surface area contributed by atoms with Crippen LogP contribution in [0.2, 0.25) is 0 Å². The normalized spacial score (nSPS) is 10.8. The lowest BCUT2D eigenvalue weighted by Gasteiger charge is -2.06. The van der Waals surface area contributed by atoms with Crippen molar-refractivity contribution in [1.82, 2.24) is 34.6 Å². The Bertz CT molecular complexity index is 698. The van der Waals surface area contributed by atoms with Crippen molar-refractivity contribution in [3.63, 3.8) is 0 Å². The highest BCUT2D eigenvalue weighted by Crippen LogP contribution is 2.09. The van der Waals surface area contributed by atoms with E-state index >= 15 is 0 Å². The number of imidazole rings is 1. The largest absolute Gasteiger partial charge is 0.387 e. The third kappa shape index (κ3) is 1.44. The van der Waals surface area contributed by atoms with E-state index in [1.807, 2.05) is 0 Å². The number of hydrogen-bond acceptors (Lipinski definition) is 6. The molecule has 3 aromatic rings. The van der Waals surface area contributed by atoms with Gasteiger partial charge >= 0.3 is 0 Å². The van der Waals surface area contributed by atoms with Crippen LogP contribution < -0.4 is 5.73 Å². The molecule has 3 rings (SSSR count). The molecular formula is C8H6N8S. The SMILES string of the molecule is NC(=S)c1nccn1-c1cncc2nnnn12. The van der Waals surface area contributed by atoms with E-state index in [0.717, 1.165) is 0 Å². The Morgan fingerprint density at radius 3 is 3.06 bits per heavy atom. The molecule has 9 heteroatoms. The third-order valence-electron chi connectivity index (χ3n) is 2.20. The summed E-state index contributed by atoms with van der Waals surface area (Å²) in [6.45, 7) is 0. The zero-order valence-corrected chi connectivity index (χ0v) is 9.24. The summed E-state index contributed by atoms with van der Waals surface area (Å²) in [7, 11) is 0.